The molecule has 2 unspecified atom stereocenters. The molecule has 1 aromatic heterocycles. The number of hydrogen-bond acceptors (Lipinski definition) is 6. The first-order chi connectivity index (χ1) is 19.2. The van der Waals surface area contributed by atoms with E-state index in [0.717, 1.165) is 16.9 Å². The summed E-state index contributed by atoms with van der Waals surface area (Å²) in [6.45, 7) is -3.04. The number of hydrogen-bond donors (Lipinski definition) is 0. The smallest absolute Gasteiger partial charge is 0.387 e. The van der Waals surface area contributed by atoms with Crippen LogP contribution >= 0.6 is 8.38 Å². The number of benzene rings is 3. The Morgan fingerprint density at radius 2 is 1.82 bits per heavy atom. The fourth-order valence-corrected chi connectivity index (χ4v) is 6.32. The van der Waals surface area contributed by atoms with Gasteiger partial charge in [0.1, 0.15) is 17.4 Å². The molecule has 0 aliphatic carbocycles. The zero-order valence-electron chi connectivity index (χ0n) is 22.5. The molecule has 2 atom stereocenters. The fourth-order valence-electron chi connectivity index (χ4n) is 5.38. The Morgan fingerprint density at radius 3 is 2.48 bits per heavy atom. The lowest BCUT2D eigenvalue weighted by Crippen LogP contribution is -2.18. The third kappa shape index (κ3) is 5.24. The van der Waals surface area contributed by atoms with Crippen LogP contribution in [0.4, 0.5) is 13.2 Å². The summed E-state index contributed by atoms with van der Waals surface area (Å²) in [4.78, 5) is 18.9. The van der Waals surface area contributed by atoms with Gasteiger partial charge >= 0.3 is 6.61 Å². The minimum atomic E-state index is -3.04. The van der Waals surface area contributed by atoms with Crippen molar-refractivity contribution < 1.29 is 31.8 Å². The van der Waals surface area contributed by atoms with Crippen LogP contribution in [0.2, 0.25) is 0 Å². The topological polar surface area (TPSA) is 65.8 Å². The molecule has 3 aromatic carbocycles. The highest BCUT2D eigenvalue weighted by atomic mass is 31.2. The van der Waals surface area contributed by atoms with Crippen molar-refractivity contribution in [3.8, 4) is 16.9 Å². The maximum atomic E-state index is 15.1. The number of nitrogens with zero attached hydrogens (tertiary/aromatic N) is 3. The first-order valence-corrected chi connectivity index (χ1v) is 14.0. The van der Waals surface area contributed by atoms with Crippen LogP contribution in [0.15, 0.2) is 54.6 Å². The van der Waals surface area contributed by atoms with Crippen LogP contribution in [0.25, 0.3) is 22.2 Å². The lowest BCUT2D eigenvalue weighted by atomic mass is 9.96. The molecule has 210 valence electrons. The number of aldehydes is 1. The molecule has 0 radical (unpaired) electrons. The number of rotatable bonds is 10. The van der Waals surface area contributed by atoms with E-state index < -0.39 is 21.0 Å². The first kappa shape index (κ1) is 28.2. The lowest BCUT2D eigenvalue weighted by Gasteiger charge is -2.22. The summed E-state index contributed by atoms with van der Waals surface area (Å²) in [7, 11) is 5.69. The summed E-state index contributed by atoms with van der Waals surface area (Å²) in [5.74, 6) is 0.342. The summed E-state index contributed by atoms with van der Waals surface area (Å²) >= 11 is 0. The van der Waals surface area contributed by atoms with Crippen LogP contribution < -0.4 is 4.74 Å². The van der Waals surface area contributed by atoms with Gasteiger partial charge < -0.3 is 18.4 Å². The van der Waals surface area contributed by atoms with Gasteiger partial charge in [0.05, 0.1) is 23.1 Å². The zero-order chi connectivity index (χ0) is 28.6. The molecule has 0 saturated carbocycles. The Labute approximate surface area is 231 Å². The van der Waals surface area contributed by atoms with Crippen LogP contribution in [0, 0.1) is 5.82 Å². The fraction of sp³-hybridized carbons (Fsp3) is 0.310. The number of carbonyl (C=O) groups is 1. The van der Waals surface area contributed by atoms with Crippen molar-refractivity contribution in [3.05, 3.63) is 82.9 Å². The summed E-state index contributed by atoms with van der Waals surface area (Å²) < 4.78 is 59.1. The van der Waals surface area contributed by atoms with Gasteiger partial charge in [-0.25, -0.2) is 9.37 Å². The maximum Gasteiger partial charge on any atom is 0.387 e. The van der Waals surface area contributed by atoms with Gasteiger partial charge in [-0.2, -0.15) is 8.78 Å². The molecule has 0 spiro atoms. The second-order valence-corrected chi connectivity index (χ2v) is 11.4. The number of imidazole rings is 1. The van der Waals surface area contributed by atoms with Crippen molar-refractivity contribution in [3.63, 3.8) is 0 Å². The second kappa shape index (κ2) is 11.7. The Morgan fingerprint density at radius 1 is 1.10 bits per heavy atom. The van der Waals surface area contributed by atoms with Crippen LogP contribution in [-0.4, -0.2) is 55.7 Å². The molecule has 4 aromatic rings. The van der Waals surface area contributed by atoms with E-state index in [1.165, 1.54) is 32.4 Å². The molecule has 5 rings (SSSR count). The predicted molar refractivity (Wildman–Crippen MR) is 147 cm³/mol. The van der Waals surface area contributed by atoms with Gasteiger partial charge in [0.15, 0.2) is 14.7 Å². The summed E-state index contributed by atoms with van der Waals surface area (Å²) in [6.07, 6.45) is 1.49. The average Bonchev–Trinajstić information content (AvgIpc) is 3.49. The van der Waals surface area contributed by atoms with Crippen LogP contribution in [0.5, 0.6) is 5.75 Å². The second-order valence-electron chi connectivity index (χ2n) is 9.69. The van der Waals surface area contributed by atoms with Crippen LogP contribution in [0.3, 0.4) is 0 Å². The predicted octanol–water partition coefficient (Wildman–Crippen LogP) is 6.96. The number of halogens is 3. The molecule has 2 heterocycles. The Hall–Kier alpha value is -3.30. The van der Waals surface area contributed by atoms with Crippen molar-refractivity contribution >= 4 is 25.7 Å². The largest absolute Gasteiger partial charge is 0.434 e. The molecule has 1 aliphatic rings. The normalized spacial score (nSPS) is 16.9. The van der Waals surface area contributed by atoms with Crippen molar-refractivity contribution in [2.45, 2.75) is 31.3 Å². The average molecular weight is 572 g/mol. The molecule has 0 amide bonds. The Bertz CT molecular complexity index is 1540. The van der Waals surface area contributed by atoms with Crippen molar-refractivity contribution in [1.29, 1.82) is 0 Å². The molecule has 40 heavy (non-hydrogen) atoms. The van der Waals surface area contributed by atoms with Crippen molar-refractivity contribution in [1.82, 2.24) is 14.5 Å². The number of alkyl halides is 2. The summed E-state index contributed by atoms with van der Waals surface area (Å²) in [5.41, 5.74) is 4.05. The zero-order valence-corrected chi connectivity index (χ0v) is 23.4. The van der Waals surface area contributed by atoms with E-state index in [1.54, 1.807) is 12.1 Å². The minimum absolute atomic E-state index is 0.0438. The van der Waals surface area contributed by atoms with Gasteiger partial charge in [0.2, 0.25) is 0 Å². The first-order valence-electron chi connectivity index (χ1n) is 12.6. The maximum absolute atomic E-state index is 15.1. The van der Waals surface area contributed by atoms with Gasteiger partial charge in [0.25, 0.3) is 0 Å². The lowest BCUT2D eigenvalue weighted by molar-refractivity contribution is -0.0507. The molecule has 11 heteroatoms. The van der Waals surface area contributed by atoms with Gasteiger partial charge in [0, 0.05) is 31.5 Å². The monoisotopic (exact) mass is 571 g/mol. The van der Waals surface area contributed by atoms with E-state index in [2.05, 4.69) is 0 Å². The quantitative estimate of drug-likeness (QED) is 0.152. The minimum Gasteiger partial charge on any atom is -0.434 e. The van der Waals surface area contributed by atoms with Crippen molar-refractivity contribution in [2.24, 2.45) is 0 Å². The van der Waals surface area contributed by atoms with E-state index in [9.17, 15) is 13.6 Å². The molecule has 7 nitrogen and oxygen atoms in total. The van der Waals surface area contributed by atoms with E-state index >= 15 is 4.39 Å². The van der Waals surface area contributed by atoms with E-state index in [-0.39, 0.29) is 23.2 Å². The molecule has 0 saturated heterocycles. The highest BCUT2D eigenvalue weighted by Crippen LogP contribution is 2.47. The molecule has 1 aliphatic heterocycles. The van der Waals surface area contributed by atoms with Gasteiger partial charge in [-0.05, 0) is 61.5 Å². The summed E-state index contributed by atoms with van der Waals surface area (Å²) in [6, 6.07) is 14.7. The number of aromatic nitrogens is 2. The third-order valence-corrected chi connectivity index (χ3v) is 8.68. The molecular weight excluding hydrogens is 542 g/mol. The SMILES string of the molecule is COP(Cc1ccc(-c2ccc3nc4n(c3c2)C(c2c(C=O)cccc2OC(F)F)CC4N(C)C)cc1F)OC. The van der Waals surface area contributed by atoms with E-state index in [0.29, 0.717) is 41.1 Å². The third-order valence-electron chi connectivity index (χ3n) is 7.27. The molecule has 0 fully saturated rings. The van der Waals surface area contributed by atoms with Crippen LogP contribution in [-0.2, 0) is 15.2 Å². The van der Waals surface area contributed by atoms with E-state index in [1.807, 2.05) is 47.8 Å². The highest BCUT2D eigenvalue weighted by Gasteiger charge is 2.38. The summed E-state index contributed by atoms with van der Waals surface area (Å²) in [5, 5.41) is 0. The standard InChI is InChI=1S/C29H29F3N3O4P/c1-34(2)25-14-24(27-19(15-36)6-5-7-26(27)39-29(31)32)35-23-13-18(10-11-22(23)33-28(25)35)17-8-9-20(21(30)12-17)16-40(37-3)38-4/h5-13,15,24-25,29H,14,16H2,1-4H3. The number of ether oxygens (including phenoxy) is 1. The Balaban J connectivity index is 1.63. The van der Waals surface area contributed by atoms with Crippen molar-refractivity contribution in [2.75, 3.05) is 28.3 Å². The van der Waals surface area contributed by atoms with Crippen LogP contribution in [0.1, 0.15) is 45.8 Å². The highest BCUT2D eigenvalue weighted by molar-refractivity contribution is 7.46. The molecule has 0 bridgehead atoms. The molecular formula is C29H29F3N3O4P. The Kier molecular flexibility index (Phi) is 8.24. The van der Waals surface area contributed by atoms with E-state index in [4.69, 9.17) is 18.8 Å². The van der Waals surface area contributed by atoms with Gasteiger partial charge in [-0.1, -0.05) is 30.3 Å². The van der Waals surface area contributed by atoms with Gasteiger partial charge in [-0.15, -0.1) is 0 Å². The number of fused-ring (bicyclic) bond motifs is 3. The molecule has 0 N–H and O–H groups in total. The number of carbonyl (C=O) groups excluding carboxylic acids is 1. The van der Waals surface area contributed by atoms with Gasteiger partial charge in [-0.3, -0.25) is 9.69 Å².